The van der Waals surface area contributed by atoms with Crippen LogP contribution in [0.1, 0.15) is 23.3 Å². The number of aromatic nitrogens is 2. The van der Waals surface area contributed by atoms with Gasteiger partial charge in [-0.15, -0.1) is 0 Å². The molecule has 2 aliphatic rings. The molecule has 23 heavy (non-hydrogen) atoms. The van der Waals surface area contributed by atoms with E-state index in [-0.39, 0.29) is 11.1 Å². The van der Waals surface area contributed by atoms with Crippen molar-refractivity contribution in [2.24, 2.45) is 12.5 Å². The number of hydrogen-bond donors (Lipinski definition) is 1. The molecule has 0 bridgehead atoms. The van der Waals surface area contributed by atoms with E-state index >= 15 is 0 Å². The smallest absolute Gasteiger partial charge is 0.356 e. The topological polar surface area (TPSA) is 73.6 Å². The highest BCUT2D eigenvalue weighted by molar-refractivity contribution is 6.32. The molecule has 0 unspecified atom stereocenters. The molecule has 120 valence electrons. The summed E-state index contributed by atoms with van der Waals surface area (Å²) in [6, 6.07) is 5.09. The maximum Gasteiger partial charge on any atom is 0.356 e. The molecule has 0 saturated heterocycles. The lowest BCUT2D eigenvalue weighted by atomic mass is 10.1. The van der Waals surface area contributed by atoms with Crippen LogP contribution in [-0.2, 0) is 7.05 Å². The monoisotopic (exact) mass is 334 g/mol. The van der Waals surface area contributed by atoms with E-state index in [1.807, 2.05) is 6.07 Å². The van der Waals surface area contributed by atoms with Crippen molar-refractivity contribution in [3.05, 3.63) is 28.9 Å². The van der Waals surface area contributed by atoms with Crippen LogP contribution in [0.25, 0.3) is 11.3 Å². The number of carbonyl (C=O) groups is 1. The van der Waals surface area contributed by atoms with Crippen LogP contribution in [0.2, 0.25) is 5.02 Å². The molecule has 1 aromatic heterocycles. The first-order valence-corrected chi connectivity index (χ1v) is 7.72. The molecule has 1 spiro atoms. The van der Waals surface area contributed by atoms with Gasteiger partial charge in [0.1, 0.15) is 0 Å². The highest BCUT2D eigenvalue weighted by Crippen LogP contribution is 2.51. The molecule has 4 rings (SSSR count). The van der Waals surface area contributed by atoms with Crippen molar-refractivity contribution in [3.8, 4) is 22.8 Å². The molecule has 1 N–H and O–H groups in total. The van der Waals surface area contributed by atoms with Crippen molar-refractivity contribution in [3.63, 3.8) is 0 Å². The molecule has 2 heterocycles. The highest BCUT2D eigenvalue weighted by Gasteiger charge is 2.46. The summed E-state index contributed by atoms with van der Waals surface area (Å²) in [4.78, 5) is 11.1. The molecule has 2 aromatic rings. The predicted octanol–water partition coefficient (Wildman–Crippen LogP) is 2.99. The second-order valence-corrected chi connectivity index (χ2v) is 6.61. The summed E-state index contributed by atoms with van der Waals surface area (Å²) in [5, 5.41) is 13.5. The highest BCUT2D eigenvalue weighted by atomic mass is 35.5. The number of fused-ring (bicyclic) bond motifs is 1. The number of carboxylic acids is 1. The second-order valence-electron chi connectivity index (χ2n) is 6.21. The van der Waals surface area contributed by atoms with Gasteiger partial charge in [-0.3, -0.25) is 4.68 Å². The third-order valence-electron chi connectivity index (χ3n) is 4.42. The van der Waals surface area contributed by atoms with Gasteiger partial charge in [-0.25, -0.2) is 4.79 Å². The fourth-order valence-corrected chi connectivity index (χ4v) is 3.03. The Morgan fingerprint density at radius 3 is 2.70 bits per heavy atom. The van der Waals surface area contributed by atoms with Gasteiger partial charge in [0, 0.05) is 18.0 Å². The van der Waals surface area contributed by atoms with Crippen molar-refractivity contribution in [1.29, 1.82) is 0 Å². The summed E-state index contributed by atoms with van der Waals surface area (Å²) < 4.78 is 13.3. The zero-order valence-electron chi connectivity index (χ0n) is 12.5. The molecule has 1 aliphatic heterocycles. The van der Waals surface area contributed by atoms with E-state index in [1.54, 1.807) is 13.1 Å². The van der Waals surface area contributed by atoms with Crippen LogP contribution in [0.5, 0.6) is 11.5 Å². The van der Waals surface area contributed by atoms with Gasteiger partial charge in [0.05, 0.1) is 23.9 Å². The average Bonchev–Trinajstić information content (AvgIpc) is 3.21. The molecule has 0 atom stereocenters. The number of nitrogens with zero attached hydrogens (tertiary/aromatic N) is 2. The van der Waals surface area contributed by atoms with E-state index in [9.17, 15) is 4.79 Å². The van der Waals surface area contributed by atoms with E-state index in [0.717, 1.165) is 18.4 Å². The summed E-state index contributed by atoms with van der Waals surface area (Å²) in [7, 11) is 1.69. The van der Waals surface area contributed by atoms with Gasteiger partial charge in [-0.1, -0.05) is 11.6 Å². The molecule has 1 fully saturated rings. The van der Waals surface area contributed by atoms with E-state index in [0.29, 0.717) is 35.4 Å². The Kier molecular flexibility index (Phi) is 3.06. The van der Waals surface area contributed by atoms with Gasteiger partial charge >= 0.3 is 5.97 Å². The Morgan fingerprint density at radius 1 is 1.30 bits per heavy atom. The summed E-state index contributed by atoms with van der Waals surface area (Å²) >= 11 is 6.35. The quantitative estimate of drug-likeness (QED) is 0.914. The van der Waals surface area contributed by atoms with Gasteiger partial charge < -0.3 is 14.6 Å². The fraction of sp³-hybridized carbons (Fsp3) is 0.375. The van der Waals surface area contributed by atoms with Crippen LogP contribution < -0.4 is 9.47 Å². The Labute approximate surface area is 137 Å². The standard InChI is InChI=1S/C16H15ClN2O4/c1-19-12(6-11(18-19)15(20)21)9-4-10(17)14-13(5-9)22-7-16(2-3-16)8-23-14/h4-6H,2-3,7-8H2,1H3,(H,20,21). The molecular formula is C16H15ClN2O4. The molecule has 0 radical (unpaired) electrons. The molecule has 0 amide bonds. The lowest BCUT2D eigenvalue weighted by molar-refractivity contribution is 0.0689. The molecule has 1 aliphatic carbocycles. The lowest BCUT2D eigenvalue weighted by Crippen LogP contribution is -2.17. The zero-order chi connectivity index (χ0) is 16.2. The zero-order valence-corrected chi connectivity index (χ0v) is 13.3. The number of halogens is 1. The molecule has 6 nitrogen and oxygen atoms in total. The first kappa shape index (κ1) is 14.4. The van der Waals surface area contributed by atoms with Gasteiger partial charge in [-0.05, 0) is 31.0 Å². The third kappa shape index (κ3) is 2.43. The number of benzene rings is 1. The number of aryl methyl sites for hydroxylation is 1. The minimum Gasteiger partial charge on any atom is -0.489 e. The maximum atomic E-state index is 11.1. The number of aromatic carboxylic acids is 1. The summed E-state index contributed by atoms with van der Waals surface area (Å²) in [5.41, 5.74) is 1.52. The van der Waals surface area contributed by atoms with Crippen molar-refractivity contribution < 1.29 is 19.4 Å². The Hall–Kier alpha value is -2.21. The van der Waals surface area contributed by atoms with E-state index in [1.165, 1.54) is 10.7 Å². The number of rotatable bonds is 2. The third-order valence-corrected chi connectivity index (χ3v) is 4.70. The van der Waals surface area contributed by atoms with Crippen LogP contribution in [0, 0.1) is 5.41 Å². The number of carboxylic acid groups (broad SMARTS) is 1. The van der Waals surface area contributed by atoms with Gasteiger partial charge in [0.25, 0.3) is 0 Å². The fourth-order valence-electron chi connectivity index (χ4n) is 2.77. The molecule has 1 saturated carbocycles. The van der Waals surface area contributed by atoms with Gasteiger partial charge in [0.2, 0.25) is 0 Å². The Balaban J connectivity index is 1.75. The number of ether oxygens (including phenoxy) is 2. The SMILES string of the molecule is Cn1nc(C(=O)O)cc1-c1cc(Cl)c2c(c1)OCC1(CC1)CO2. The van der Waals surface area contributed by atoms with Crippen LogP contribution in [0.15, 0.2) is 18.2 Å². The molecule has 1 aromatic carbocycles. The number of hydrogen-bond acceptors (Lipinski definition) is 4. The van der Waals surface area contributed by atoms with Gasteiger partial charge in [-0.2, -0.15) is 5.10 Å². The van der Waals surface area contributed by atoms with Gasteiger partial charge in [0.15, 0.2) is 17.2 Å². The van der Waals surface area contributed by atoms with Crippen molar-refractivity contribution >= 4 is 17.6 Å². The van der Waals surface area contributed by atoms with E-state index < -0.39 is 5.97 Å². The van der Waals surface area contributed by atoms with Crippen LogP contribution in [0.4, 0.5) is 0 Å². The van der Waals surface area contributed by atoms with Crippen molar-refractivity contribution in [1.82, 2.24) is 9.78 Å². The predicted molar refractivity (Wildman–Crippen MR) is 83.3 cm³/mol. The lowest BCUT2D eigenvalue weighted by Gasteiger charge is -2.11. The minimum absolute atomic E-state index is 0.0114. The Bertz CT molecular complexity index is 811. The molecular weight excluding hydrogens is 320 g/mol. The van der Waals surface area contributed by atoms with Crippen LogP contribution >= 0.6 is 11.6 Å². The first-order valence-electron chi connectivity index (χ1n) is 7.34. The first-order chi connectivity index (χ1) is 11.0. The summed E-state index contributed by atoms with van der Waals surface area (Å²) in [6.07, 6.45) is 2.21. The summed E-state index contributed by atoms with van der Waals surface area (Å²) in [5.74, 6) is 0.0807. The minimum atomic E-state index is -1.07. The maximum absolute atomic E-state index is 11.1. The molecule has 7 heteroatoms. The summed E-state index contributed by atoms with van der Waals surface area (Å²) in [6.45, 7) is 1.24. The van der Waals surface area contributed by atoms with E-state index in [4.69, 9.17) is 26.2 Å². The Morgan fingerprint density at radius 2 is 2.04 bits per heavy atom. The van der Waals surface area contributed by atoms with Crippen LogP contribution in [0.3, 0.4) is 0 Å². The van der Waals surface area contributed by atoms with Crippen molar-refractivity contribution in [2.45, 2.75) is 12.8 Å². The second kappa shape index (κ2) is 4.89. The average molecular weight is 335 g/mol. The van der Waals surface area contributed by atoms with Crippen LogP contribution in [-0.4, -0.2) is 34.1 Å². The largest absolute Gasteiger partial charge is 0.489 e. The van der Waals surface area contributed by atoms with Crippen molar-refractivity contribution in [2.75, 3.05) is 13.2 Å². The van der Waals surface area contributed by atoms with E-state index in [2.05, 4.69) is 5.10 Å². The normalized spacial score (nSPS) is 17.8.